The summed E-state index contributed by atoms with van der Waals surface area (Å²) in [5.74, 6) is -1.38. The molecule has 82 valence electrons. The van der Waals surface area contributed by atoms with E-state index in [4.69, 9.17) is 5.11 Å². The lowest BCUT2D eigenvalue weighted by Crippen LogP contribution is -2.42. The van der Waals surface area contributed by atoms with Gasteiger partial charge in [0.2, 0.25) is 0 Å². The number of aromatic amines is 1. The highest BCUT2D eigenvalue weighted by Gasteiger charge is 2.25. The number of imidazole rings is 1. The number of carbonyl (C=O) groups excluding carboxylic acids is 1. The zero-order chi connectivity index (χ0) is 11.4. The molecule has 1 atom stereocenters. The second-order valence-electron chi connectivity index (χ2n) is 3.14. The predicted molar refractivity (Wildman–Crippen MR) is 52.4 cm³/mol. The van der Waals surface area contributed by atoms with E-state index in [0.29, 0.717) is 6.42 Å². The van der Waals surface area contributed by atoms with Crippen LogP contribution in [0.3, 0.4) is 0 Å². The lowest BCUT2D eigenvalue weighted by molar-refractivity contribution is -0.142. The van der Waals surface area contributed by atoms with E-state index in [-0.39, 0.29) is 11.6 Å². The van der Waals surface area contributed by atoms with Crippen molar-refractivity contribution in [1.82, 2.24) is 14.9 Å². The van der Waals surface area contributed by atoms with Crippen molar-refractivity contribution < 1.29 is 14.7 Å². The minimum atomic E-state index is -1.01. The molecule has 1 heterocycles. The molecule has 15 heavy (non-hydrogen) atoms. The molecule has 1 aromatic rings. The van der Waals surface area contributed by atoms with Crippen molar-refractivity contribution in [2.75, 3.05) is 7.05 Å². The number of amides is 1. The van der Waals surface area contributed by atoms with Gasteiger partial charge in [-0.25, -0.2) is 9.78 Å². The summed E-state index contributed by atoms with van der Waals surface area (Å²) in [5, 5.41) is 8.87. The number of likely N-dealkylation sites (N-methyl/N-ethyl adjacent to an activating group) is 1. The maximum absolute atomic E-state index is 11.7. The second-order valence-corrected chi connectivity index (χ2v) is 3.14. The molecule has 1 aromatic heterocycles. The van der Waals surface area contributed by atoms with Crippen molar-refractivity contribution in [1.29, 1.82) is 0 Å². The molecule has 0 spiro atoms. The largest absolute Gasteiger partial charge is 0.480 e. The highest BCUT2D eigenvalue weighted by molar-refractivity contribution is 5.94. The summed E-state index contributed by atoms with van der Waals surface area (Å²) < 4.78 is 0. The summed E-state index contributed by atoms with van der Waals surface area (Å²) in [4.78, 5) is 30.1. The highest BCUT2D eigenvalue weighted by Crippen LogP contribution is 2.06. The van der Waals surface area contributed by atoms with Crippen LogP contribution < -0.4 is 0 Å². The number of rotatable bonds is 4. The summed E-state index contributed by atoms with van der Waals surface area (Å²) in [6.45, 7) is 1.72. The quantitative estimate of drug-likeness (QED) is 0.752. The fourth-order valence-electron chi connectivity index (χ4n) is 1.32. The Balaban J connectivity index is 2.80. The molecule has 6 heteroatoms. The third-order valence-electron chi connectivity index (χ3n) is 2.19. The van der Waals surface area contributed by atoms with E-state index in [2.05, 4.69) is 9.97 Å². The molecule has 0 bridgehead atoms. The van der Waals surface area contributed by atoms with Gasteiger partial charge in [-0.05, 0) is 6.42 Å². The van der Waals surface area contributed by atoms with Gasteiger partial charge in [0.1, 0.15) is 11.7 Å². The van der Waals surface area contributed by atoms with Gasteiger partial charge in [-0.2, -0.15) is 0 Å². The summed E-state index contributed by atoms with van der Waals surface area (Å²) in [7, 11) is 1.46. The van der Waals surface area contributed by atoms with Crippen LogP contribution in [0.15, 0.2) is 12.5 Å². The molecule has 0 saturated heterocycles. The average Bonchev–Trinajstić information content (AvgIpc) is 2.69. The summed E-state index contributed by atoms with van der Waals surface area (Å²) in [6, 6.07) is -0.805. The normalized spacial score (nSPS) is 12.1. The summed E-state index contributed by atoms with van der Waals surface area (Å²) >= 11 is 0. The maximum Gasteiger partial charge on any atom is 0.326 e. The van der Waals surface area contributed by atoms with Crippen molar-refractivity contribution in [3.63, 3.8) is 0 Å². The van der Waals surface area contributed by atoms with Gasteiger partial charge < -0.3 is 15.0 Å². The second kappa shape index (κ2) is 4.59. The first-order valence-electron chi connectivity index (χ1n) is 4.56. The molecule has 0 aliphatic rings. The molecule has 0 aliphatic carbocycles. The molecule has 1 amide bonds. The molecule has 0 aromatic carbocycles. The minimum absolute atomic E-state index is 0.289. The van der Waals surface area contributed by atoms with Crippen LogP contribution in [0, 0.1) is 0 Å². The number of nitrogens with one attached hydrogen (secondary N) is 1. The van der Waals surface area contributed by atoms with Crippen molar-refractivity contribution in [3.8, 4) is 0 Å². The standard InChI is InChI=1S/C9H13N3O3/c1-3-7(9(14)15)12(2)8(13)6-4-10-5-11-6/h4-5,7H,3H2,1-2H3,(H,10,11)(H,14,15). The Morgan fingerprint density at radius 3 is 2.73 bits per heavy atom. The van der Waals surface area contributed by atoms with Gasteiger partial charge in [0.15, 0.2) is 0 Å². The van der Waals surface area contributed by atoms with Gasteiger partial charge in [-0.3, -0.25) is 4.79 Å². The summed E-state index contributed by atoms with van der Waals surface area (Å²) in [6.07, 6.45) is 3.11. The fraction of sp³-hybridized carbons (Fsp3) is 0.444. The van der Waals surface area contributed by atoms with Gasteiger partial charge in [-0.15, -0.1) is 0 Å². The third-order valence-corrected chi connectivity index (χ3v) is 2.19. The van der Waals surface area contributed by atoms with Gasteiger partial charge >= 0.3 is 5.97 Å². The number of carboxylic acid groups (broad SMARTS) is 1. The molecular weight excluding hydrogens is 198 g/mol. The van der Waals surface area contributed by atoms with E-state index >= 15 is 0 Å². The van der Waals surface area contributed by atoms with Gasteiger partial charge in [0.05, 0.1) is 12.5 Å². The molecule has 0 fully saturated rings. The zero-order valence-corrected chi connectivity index (χ0v) is 8.60. The van der Waals surface area contributed by atoms with Crippen LogP contribution in [-0.2, 0) is 4.79 Å². The Morgan fingerprint density at radius 2 is 2.33 bits per heavy atom. The Kier molecular flexibility index (Phi) is 3.43. The van der Waals surface area contributed by atoms with E-state index in [0.717, 1.165) is 0 Å². The lowest BCUT2D eigenvalue weighted by Gasteiger charge is -2.22. The minimum Gasteiger partial charge on any atom is -0.480 e. The van der Waals surface area contributed by atoms with Crippen molar-refractivity contribution in [2.24, 2.45) is 0 Å². The number of hydrogen-bond donors (Lipinski definition) is 2. The molecule has 1 unspecified atom stereocenters. The maximum atomic E-state index is 11.7. The molecule has 2 N–H and O–H groups in total. The van der Waals surface area contributed by atoms with Gasteiger partial charge in [-0.1, -0.05) is 6.92 Å². The van der Waals surface area contributed by atoms with Crippen LogP contribution >= 0.6 is 0 Å². The van der Waals surface area contributed by atoms with Crippen molar-refractivity contribution >= 4 is 11.9 Å². The van der Waals surface area contributed by atoms with Crippen LogP contribution in [0.5, 0.6) is 0 Å². The Hall–Kier alpha value is -1.85. The van der Waals surface area contributed by atoms with Crippen LogP contribution in [-0.4, -0.2) is 44.9 Å². The molecule has 0 aliphatic heterocycles. The first-order valence-corrected chi connectivity index (χ1v) is 4.56. The topological polar surface area (TPSA) is 86.3 Å². The van der Waals surface area contributed by atoms with E-state index in [1.807, 2.05) is 0 Å². The Morgan fingerprint density at radius 1 is 1.67 bits per heavy atom. The van der Waals surface area contributed by atoms with Crippen molar-refractivity contribution in [3.05, 3.63) is 18.2 Å². The van der Waals surface area contributed by atoms with Crippen LogP contribution in [0.1, 0.15) is 23.8 Å². The third kappa shape index (κ3) is 2.34. The number of hydrogen-bond acceptors (Lipinski definition) is 3. The van der Waals surface area contributed by atoms with E-state index in [1.165, 1.54) is 24.5 Å². The van der Waals surface area contributed by atoms with Crippen LogP contribution in [0.2, 0.25) is 0 Å². The monoisotopic (exact) mass is 211 g/mol. The molecule has 0 saturated carbocycles. The van der Waals surface area contributed by atoms with E-state index < -0.39 is 12.0 Å². The Bertz CT molecular complexity index is 347. The zero-order valence-electron chi connectivity index (χ0n) is 8.60. The number of aromatic nitrogens is 2. The SMILES string of the molecule is CCC(C(=O)O)N(C)C(=O)c1cnc[nH]1. The number of carbonyl (C=O) groups is 2. The lowest BCUT2D eigenvalue weighted by atomic mass is 10.2. The summed E-state index contributed by atoms with van der Waals surface area (Å²) in [5.41, 5.74) is 0.289. The number of carboxylic acids is 1. The number of nitrogens with zero attached hydrogens (tertiary/aromatic N) is 2. The molecule has 1 rings (SSSR count). The molecular formula is C9H13N3O3. The predicted octanol–water partition coefficient (Wildman–Crippen LogP) is 0.345. The first kappa shape index (κ1) is 11.2. The number of H-pyrrole nitrogens is 1. The Labute approximate surface area is 86.9 Å². The van der Waals surface area contributed by atoms with E-state index in [1.54, 1.807) is 6.92 Å². The van der Waals surface area contributed by atoms with Gasteiger partial charge in [0.25, 0.3) is 5.91 Å². The van der Waals surface area contributed by atoms with Crippen LogP contribution in [0.4, 0.5) is 0 Å². The smallest absolute Gasteiger partial charge is 0.326 e. The van der Waals surface area contributed by atoms with Gasteiger partial charge in [0, 0.05) is 7.05 Å². The molecule has 6 nitrogen and oxygen atoms in total. The fourth-order valence-corrected chi connectivity index (χ4v) is 1.32. The first-order chi connectivity index (χ1) is 7.07. The average molecular weight is 211 g/mol. The highest BCUT2D eigenvalue weighted by atomic mass is 16.4. The van der Waals surface area contributed by atoms with Crippen LogP contribution in [0.25, 0.3) is 0 Å². The number of aliphatic carboxylic acids is 1. The van der Waals surface area contributed by atoms with Crippen molar-refractivity contribution in [2.45, 2.75) is 19.4 Å². The van der Waals surface area contributed by atoms with E-state index in [9.17, 15) is 9.59 Å². The molecule has 0 radical (unpaired) electrons.